The number of benzene rings is 6. The second kappa shape index (κ2) is 12.0. The molecular weight excluding hydrogens is 597 g/mol. The topological polar surface area (TPSA) is 75.6 Å². The van der Waals surface area contributed by atoms with Crippen LogP contribution >= 0.6 is 6.04 Å². The fourth-order valence-electron chi connectivity index (χ4n) is 6.60. The molecule has 6 aromatic rings. The molecule has 222 valence electrons. The Kier molecular flexibility index (Phi) is 7.70. The third kappa shape index (κ3) is 5.31. The van der Waals surface area contributed by atoms with Crippen molar-refractivity contribution in [3.05, 3.63) is 145 Å². The Morgan fingerprint density at radius 3 is 1.69 bits per heavy atom. The van der Waals surface area contributed by atoms with Crippen molar-refractivity contribution in [3.63, 3.8) is 0 Å². The number of carboxylic acid groups (broad SMARTS) is 1. The number of amides is 1. The monoisotopic (exact) mass is 627 g/mol. The average molecular weight is 628 g/mol. The van der Waals surface area contributed by atoms with Gasteiger partial charge in [0.05, 0.1) is 0 Å². The minimum atomic E-state index is -2.83. The number of carbonyl (C=O) groups is 2. The van der Waals surface area contributed by atoms with Crippen LogP contribution in [0.1, 0.15) is 17.0 Å². The van der Waals surface area contributed by atoms with Gasteiger partial charge in [0.1, 0.15) is 12.6 Å². The van der Waals surface area contributed by atoms with Gasteiger partial charge < -0.3 is 15.2 Å². The maximum Gasteiger partial charge on any atom is 0.407 e. The molecule has 0 unspecified atom stereocenters. The molecule has 0 fully saturated rings. The number of aliphatic carboxylic acids is 1. The van der Waals surface area contributed by atoms with Crippen LogP contribution in [-0.2, 0) is 21.3 Å². The van der Waals surface area contributed by atoms with Crippen molar-refractivity contribution in [2.75, 3.05) is 12.8 Å². The van der Waals surface area contributed by atoms with Gasteiger partial charge in [0.25, 0.3) is 0 Å². The van der Waals surface area contributed by atoms with Gasteiger partial charge in [-0.3, -0.25) is 0 Å². The number of carbonyl (C=O) groups excluding carboxylic acids is 1. The highest BCUT2D eigenvalue weighted by atomic mass is 32.4. The second-order valence-electron chi connectivity index (χ2n) is 11.3. The second-order valence-corrected chi connectivity index (χ2v) is 16.0. The molecule has 1 amide bonds. The molecular formula is C38H30NO4PS. The Labute approximate surface area is 266 Å². The summed E-state index contributed by atoms with van der Waals surface area (Å²) in [7, 11) is 0. The lowest BCUT2D eigenvalue weighted by Crippen LogP contribution is -2.45. The number of rotatable bonds is 8. The first-order chi connectivity index (χ1) is 21.9. The summed E-state index contributed by atoms with van der Waals surface area (Å²) in [5.74, 6) is -1.29. The number of fused-ring (bicyclic) bond motifs is 5. The summed E-state index contributed by atoms with van der Waals surface area (Å²) in [4.78, 5) is 26.1. The lowest BCUT2D eigenvalue weighted by molar-refractivity contribution is -0.138. The summed E-state index contributed by atoms with van der Waals surface area (Å²) in [5.41, 5.74) is 4.42. The van der Waals surface area contributed by atoms with E-state index in [1.54, 1.807) is 0 Å². The first-order valence-corrected chi connectivity index (χ1v) is 17.8. The quantitative estimate of drug-likeness (QED) is 0.172. The van der Waals surface area contributed by atoms with Crippen molar-refractivity contribution in [1.29, 1.82) is 0 Å². The van der Waals surface area contributed by atoms with E-state index in [9.17, 15) is 14.7 Å². The molecule has 0 saturated heterocycles. The Hall–Kier alpha value is -4.77. The average Bonchev–Trinajstić information content (AvgIpc) is 3.40. The standard InChI is InChI=1S/C38H30NO4PS/c40-37(41)34(39-38(42)43-23-33-31-19-7-5-17-29(31)30-18-6-8-20-32(30)33)24-44(45,35-21-9-13-25-11-1-3-15-27(25)35)36-22-10-14-26-12-2-4-16-28(26)36/h1-22,33-34H,23-24H2,(H,39,42)(H,40,41)/t34-/m1/s1. The highest BCUT2D eigenvalue weighted by Crippen LogP contribution is 2.48. The Balaban J connectivity index is 1.21. The van der Waals surface area contributed by atoms with Crippen LogP contribution in [-0.4, -0.2) is 36.0 Å². The number of alkyl carbamates (subject to hydrolysis) is 1. The van der Waals surface area contributed by atoms with Crippen LogP contribution in [0.25, 0.3) is 32.7 Å². The summed E-state index contributed by atoms with van der Waals surface area (Å²) >= 11 is 6.63. The number of nitrogens with one attached hydrogen (secondary N) is 1. The van der Waals surface area contributed by atoms with E-state index < -0.39 is 24.1 Å². The Morgan fingerprint density at radius 1 is 0.689 bits per heavy atom. The summed E-state index contributed by atoms with van der Waals surface area (Å²) in [6.07, 6.45) is -0.731. The number of ether oxygens (including phenoxy) is 1. The number of hydrogen-bond acceptors (Lipinski definition) is 4. The summed E-state index contributed by atoms with van der Waals surface area (Å²) in [6, 6.07) is 40.2. The van der Waals surface area contributed by atoms with Crippen LogP contribution in [0.2, 0.25) is 0 Å². The first kappa shape index (κ1) is 29.0. The Morgan fingerprint density at radius 2 is 1.16 bits per heavy atom. The molecule has 0 saturated carbocycles. The molecule has 2 N–H and O–H groups in total. The van der Waals surface area contributed by atoms with Gasteiger partial charge in [-0.25, -0.2) is 9.59 Å². The van der Waals surface area contributed by atoms with Crippen molar-refractivity contribution >= 4 is 62.1 Å². The Bertz CT molecular complexity index is 2010. The van der Waals surface area contributed by atoms with Crippen LogP contribution in [0.4, 0.5) is 4.79 Å². The molecule has 0 aliphatic heterocycles. The summed E-state index contributed by atoms with van der Waals surface area (Å²) < 4.78 is 5.75. The van der Waals surface area contributed by atoms with E-state index in [1.165, 1.54) is 0 Å². The van der Waals surface area contributed by atoms with Gasteiger partial charge in [0.15, 0.2) is 0 Å². The first-order valence-electron chi connectivity index (χ1n) is 14.8. The molecule has 7 heteroatoms. The van der Waals surface area contributed by atoms with Gasteiger partial charge in [0, 0.05) is 18.1 Å². The zero-order chi connectivity index (χ0) is 31.0. The maximum absolute atomic E-state index is 13.3. The predicted octanol–water partition coefficient (Wildman–Crippen LogP) is 7.42. The van der Waals surface area contributed by atoms with Crippen molar-refractivity contribution < 1.29 is 19.4 Å². The highest BCUT2D eigenvalue weighted by molar-refractivity contribution is 8.22. The van der Waals surface area contributed by atoms with Crippen molar-refractivity contribution in [2.45, 2.75) is 12.0 Å². The molecule has 5 nitrogen and oxygen atoms in total. The minimum Gasteiger partial charge on any atom is -0.480 e. The zero-order valence-corrected chi connectivity index (χ0v) is 26.0. The van der Waals surface area contributed by atoms with Crippen molar-refractivity contribution in [1.82, 2.24) is 5.32 Å². The van der Waals surface area contributed by atoms with E-state index in [1.807, 2.05) is 121 Å². The molecule has 0 aromatic heterocycles. The molecule has 0 radical (unpaired) electrons. The van der Waals surface area contributed by atoms with Gasteiger partial charge in [-0.2, -0.15) is 0 Å². The normalized spacial score (nSPS) is 13.2. The van der Waals surface area contributed by atoms with E-state index in [4.69, 9.17) is 16.5 Å². The van der Waals surface area contributed by atoms with Crippen molar-refractivity contribution in [3.8, 4) is 11.1 Å². The molecule has 0 heterocycles. The van der Waals surface area contributed by atoms with Crippen molar-refractivity contribution in [2.24, 2.45) is 0 Å². The third-order valence-electron chi connectivity index (χ3n) is 8.69. The molecule has 1 aliphatic carbocycles. The van der Waals surface area contributed by atoms with Gasteiger partial charge in [-0.1, -0.05) is 145 Å². The zero-order valence-electron chi connectivity index (χ0n) is 24.3. The van der Waals surface area contributed by atoms with E-state index in [2.05, 4.69) is 17.4 Å². The largest absolute Gasteiger partial charge is 0.480 e. The van der Waals surface area contributed by atoms with Crippen LogP contribution in [0.5, 0.6) is 0 Å². The smallest absolute Gasteiger partial charge is 0.407 e. The highest BCUT2D eigenvalue weighted by Gasteiger charge is 2.34. The summed E-state index contributed by atoms with van der Waals surface area (Å²) in [5, 5.41) is 19.0. The van der Waals surface area contributed by atoms with E-state index in [0.29, 0.717) is 0 Å². The van der Waals surface area contributed by atoms with E-state index in [0.717, 1.165) is 54.4 Å². The maximum atomic E-state index is 13.3. The minimum absolute atomic E-state index is 0.0455. The van der Waals surface area contributed by atoms with Gasteiger partial charge in [-0.05, 0) is 54.4 Å². The fraction of sp³-hybridized carbons (Fsp3) is 0.105. The fourth-order valence-corrected chi connectivity index (χ4v) is 11.3. The molecule has 6 aromatic carbocycles. The van der Waals surface area contributed by atoms with E-state index in [-0.39, 0.29) is 18.7 Å². The molecule has 45 heavy (non-hydrogen) atoms. The lowest BCUT2D eigenvalue weighted by atomic mass is 9.98. The lowest BCUT2D eigenvalue weighted by Gasteiger charge is -2.29. The summed E-state index contributed by atoms with van der Waals surface area (Å²) in [6.45, 7) is 0.0903. The molecule has 7 rings (SSSR count). The molecule has 0 spiro atoms. The van der Waals surface area contributed by atoms with Gasteiger partial charge in [-0.15, -0.1) is 0 Å². The molecule has 1 aliphatic rings. The van der Waals surface area contributed by atoms with Gasteiger partial charge >= 0.3 is 12.1 Å². The van der Waals surface area contributed by atoms with E-state index >= 15 is 0 Å². The predicted molar refractivity (Wildman–Crippen MR) is 186 cm³/mol. The number of carboxylic acids is 1. The van der Waals surface area contributed by atoms with Crippen LogP contribution < -0.4 is 15.9 Å². The SMILES string of the molecule is O=C(N[C@H](CP(=S)(c1cccc2ccccc12)c1cccc2ccccc12)C(=O)O)OCC1c2ccccc2-c2ccccc21. The van der Waals surface area contributed by atoms with Crippen LogP contribution in [0.3, 0.4) is 0 Å². The van der Waals surface area contributed by atoms with Gasteiger partial charge in [0.2, 0.25) is 0 Å². The molecule has 0 bridgehead atoms. The number of hydrogen-bond donors (Lipinski definition) is 2. The van der Waals surface area contributed by atoms with Crippen LogP contribution in [0.15, 0.2) is 133 Å². The van der Waals surface area contributed by atoms with Crippen LogP contribution in [0, 0.1) is 0 Å². The third-order valence-corrected chi connectivity index (χ3v) is 13.5. The molecule has 1 atom stereocenters.